The lowest BCUT2D eigenvalue weighted by Crippen LogP contribution is -2.16. The maximum Gasteiger partial charge on any atom is 0.0697 e. The first kappa shape index (κ1) is 15.2. The Morgan fingerprint density at radius 1 is 1.17 bits per heavy atom. The summed E-state index contributed by atoms with van der Waals surface area (Å²) in [7, 11) is 0. The van der Waals surface area contributed by atoms with Crippen LogP contribution in [0.2, 0.25) is 0 Å². The molecule has 3 heteroatoms. The minimum atomic E-state index is 0.107. The quantitative estimate of drug-likeness (QED) is 0.662. The Kier molecular flexibility index (Phi) is 7.65. The zero-order chi connectivity index (χ0) is 13.2. The fourth-order valence-electron chi connectivity index (χ4n) is 1.72. The lowest BCUT2D eigenvalue weighted by atomic mass is 10.0. The molecule has 0 aliphatic carbocycles. The monoisotopic (exact) mass is 251 g/mol. The summed E-state index contributed by atoms with van der Waals surface area (Å²) in [6.07, 6.45) is 0.976. The van der Waals surface area contributed by atoms with E-state index in [1.807, 2.05) is 0 Å². The van der Waals surface area contributed by atoms with Crippen LogP contribution in [0.25, 0.3) is 0 Å². The summed E-state index contributed by atoms with van der Waals surface area (Å²) >= 11 is 0. The van der Waals surface area contributed by atoms with Gasteiger partial charge in [0.1, 0.15) is 0 Å². The van der Waals surface area contributed by atoms with Gasteiger partial charge in [-0.1, -0.05) is 38.1 Å². The van der Waals surface area contributed by atoms with Gasteiger partial charge in [0.05, 0.1) is 13.2 Å². The molecule has 1 rings (SSSR count). The van der Waals surface area contributed by atoms with E-state index < -0.39 is 0 Å². The van der Waals surface area contributed by atoms with Crippen LogP contribution in [0.4, 0.5) is 0 Å². The molecule has 0 fully saturated rings. The number of rotatable bonds is 9. The van der Waals surface area contributed by atoms with Gasteiger partial charge in [0.2, 0.25) is 0 Å². The molecule has 1 aromatic carbocycles. The topological polar surface area (TPSA) is 41.5 Å². The second-order valence-electron chi connectivity index (χ2n) is 4.76. The van der Waals surface area contributed by atoms with E-state index in [-0.39, 0.29) is 6.61 Å². The van der Waals surface area contributed by atoms with Crippen LogP contribution < -0.4 is 5.32 Å². The molecule has 1 aromatic rings. The van der Waals surface area contributed by atoms with Crippen molar-refractivity contribution in [3.05, 3.63) is 35.4 Å². The van der Waals surface area contributed by atoms with Crippen molar-refractivity contribution in [3.8, 4) is 0 Å². The molecule has 0 bridgehead atoms. The average Bonchev–Trinajstić information content (AvgIpc) is 2.38. The zero-order valence-electron chi connectivity index (χ0n) is 11.5. The van der Waals surface area contributed by atoms with E-state index in [2.05, 4.69) is 43.4 Å². The Morgan fingerprint density at radius 3 is 2.50 bits per heavy atom. The molecule has 102 valence electrons. The van der Waals surface area contributed by atoms with Crippen LogP contribution in [0.15, 0.2) is 24.3 Å². The summed E-state index contributed by atoms with van der Waals surface area (Å²) in [4.78, 5) is 0. The van der Waals surface area contributed by atoms with Crippen LogP contribution in [0.1, 0.15) is 37.3 Å². The molecule has 0 aliphatic rings. The SMILES string of the molecule is CC(C)c1ccc(CNCCCOCCO)cc1. The molecule has 2 N–H and O–H groups in total. The molecule has 0 heterocycles. The number of aliphatic hydroxyl groups excluding tert-OH is 1. The van der Waals surface area contributed by atoms with Crippen molar-refractivity contribution in [1.82, 2.24) is 5.32 Å². The first-order valence-corrected chi connectivity index (χ1v) is 6.72. The molecule has 0 radical (unpaired) electrons. The van der Waals surface area contributed by atoms with Gasteiger partial charge in [0, 0.05) is 13.2 Å². The Hall–Kier alpha value is -0.900. The number of aliphatic hydroxyl groups is 1. The summed E-state index contributed by atoms with van der Waals surface area (Å²) < 4.78 is 5.19. The smallest absolute Gasteiger partial charge is 0.0697 e. The normalized spacial score (nSPS) is 11.1. The highest BCUT2D eigenvalue weighted by Gasteiger charge is 1.98. The molecule has 18 heavy (non-hydrogen) atoms. The number of benzene rings is 1. The van der Waals surface area contributed by atoms with Crippen molar-refractivity contribution in [3.63, 3.8) is 0 Å². The van der Waals surface area contributed by atoms with Crippen molar-refractivity contribution in [2.75, 3.05) is 26.4 Å². The highest BCUT2D eigenvalue weighted by Crippen LogP contribution is 2.14. The summed E-state index contributed by atoms with van der Waals surface area (Å²) in [5.41, 5.74) is 2.70. The second kappa shape index (κ2) is 9.09. The predicted molar refractivity (Wildman–Crippen MR) is 74.8 cm³/mol. The number of hydrogen-bond acceptors (Lipinski definition) is 3. The molecule has 0 atom stereocenters. The fraction of sp³-hybridized carbons (Fsp3) is 0.600. The molecule has 0 amide bonds. The maximum absolute atomic E-state index is 8.54. The van der Waals surface area contributed by atoms with Crippen molar-refractivity contribution in [2.24, 2.45) is 0 Å². The summed E-state index contributed by atoms with van der Waals surface area (Å²) in [5.74, 6) is 0.593. The molecular formula is C15H25NO2. The molecule has 0 unspecified atom stereocenters. The third-order valence-corrected chi connectivity index (χ3v) is 2.85. The Balaban J connectivity index is 2.12. The van der Waals surface area contributed by atoms with Crippen LogP contribution >= 0.6 is 0 Å². The number of nitrogens with one attached hydrogen (secondary N) is 1. The van der Waals surface area contributed by atoms with Gasteiger partial charge in [0.15, 0.2) is 0 Å². The second-order valence-corrected chi connectivity index (χ2v) is 4.76. The largest absolute Gasteiger partial charge is 0.394 e. The lowest BCUT2D eigenvalue weighted by molar-refractivity contribution is 0.0907. The van der Waals surface area contributed by atoms with Crippen molar-refractivity contribution in [1.29, 1.82) is 0 Å². The predicted octanol–water partition coefficient (Wildman–Crippen LogP) is 2.30. The molecule has 0 spiro atoms. The summed E-state index contributed by atoms with van der Waals surface area (Å²) in [6, 6.07) is 8.77. The van der Waals surface area contributed by atoms with Gasteiger partial charge in [-0.15, -0.1) is 0 Å². The Labute approximate surface area is 110 Å². The third-order valence-electron chi connectivity index (χ3n) is 2.85. The molecule has 0 saturated carbocycles. The Morgan fingerprint density at radius 2 is 1.89 bits per heavy atom. The third kappa shape index (κ3) is 6.15. The van der Waals surface area contributed by atoms with E-state index in [9.17, 15) is 0 Å². The first-order valence-electron chi connectivity index (χ1n) is 6.72. The first-order chi connectivity index (χ1) is 8.74. The van der Waals surface area contributed by atoms with Crippen molar-refractivity contribution >= 4 is 0 Å². The van der Waals surface area contributed by atoms with Crippen LogP contribution in [-0.4, -0.2) is 31.5 Å². The fourth-order valence-corrected chi connectivity index (χ4v) is 1.72. The zero-order valence-corrected chi connectivity index (χ0v) is 11.5. The van der Waals surface area contributed by atoms with Gasteiger partial charge in [-0.05, 0) is 30.0 Å². The standard InChI is InChI=1S/C15H25NO2/c1-13(2)15-6-4-14(5-7-15)12-16-8-3-10-18-11-9-17/h4-7,13,16-17H,3,8-12H2,1-2H3. The molecule has 3 nitrogen and oxygen atoms in total. The van der Waals surface area contributed by atoms with Crippen molar-refractivity contribution < 1.29 is 9.84 Å². The van der Waals surface area contributed by atoms with Crippen LogP contribution in [0.3, 0.4) is 0 Å². The highest BCUT2D eigenvalue weighted by molar-refractivity contribution is 5.24. The van der Waals surface area contributed by atoms with Crippen LogP contribution in [0.5, 0.6) is 0 Å². The minimum absolute atomic E-state index is 0.107. The molecule has 0 saturated heterocycles. The van der Waals surface area contributed by atoms with Crippen molar-refractivity contribution in [2.45, 2.75) is 32.7 Å². The van der Waals surface area contributed by atoms with E-state index >= 15 is 0 Å². The van der Waals surface area contributed by atoms with E-state index in [1.165, 1.54) is 11.1 Å². The minimum Gasteiger partial charge on any atom is -0.394 e. The van der Waals surface area contributed by atoms with E-state index in [0.29, 0.717) is 19.1 Å². The van der Waals surface area contributed by atoms with E-state index in [4.69, 9.17) is 9.84 Å². The average molecular weight is 251 g/mol. The Bertz CT molecular complexity index is 309. The molecular weight excluding hydrogens is 226 g/mol. The number of ether oxygens (including phenoxy) is 1. The van der Waals surface area contributed by atoms with Gasteiger partial charge >= 0.3 is 0 Å². The van der Waals surface area contributed by atoms with Gasteiger partial charge in [-0.2, -0.15) is 0 Å². The molecule has 0 aromatic heterocycles. The van der Waals surface area contributed by atoms with Crippen LogP contribution in [0, 0.1) is 0 Å². The summed E-state index contributed by atoms with van der Waals surface area (Å²) in [6.45, 7) is 7.52. The number of hydrogen-bond donors (Lipinski definition) is 2. The van der Waals surface area contributed by atoms with Gasteiger partial charge in [0.25, 0.3) is 0 Å². The summed E-state index contributed by atoms with van der Waals surface area (Å²) in [5, 5.41) is 11.9. The lowest BCUT2D eigenvalue weighted by Gasteiger charge is -2.08. The van der Waals surface area contributed by atoms with E-state index in [1.54, 1.807) is 0 Å². The van der Waals surface area contributed by atoms with Gasteiger partial charge < -0.3 is 15.2 Å². The van der Waals surface area contributed by atoms with Gasteiger partial charge in [-0.25, -0.2) is 0 Å². The van der Waals surface area contributed by atoms with Gasteiger partial charge in [-0.3, -0.25) is 0 Å². The maximum atomic E-state index is 8.54. The highest BCUT2D eigenvalue weighted by atomic mass is 16.5. The molecule has 0 aliphatic heterocycles. The van der Waals surface area contributed by atoms with E-state index in [0.717, 1.165) is 19.5 Å². The van der Waals surface area contributed by atoms with Crippen LogP contribution in [-0.2, 0) is 11.3 Å².